The molecule has 0 radical (unpaired) electrons. The van der Waals surface area contributed by atoms with Crippen LogP contribution in [-0.4, -0.2) is 38.8 Å². The Morgan fingerprint density at radius 2 is 2.40 bits per heavy atom. The van der Waals surface area contributed by atoms with Gasteiger partial charge in [-0.3, -0.25) is 14.4 Å². The molecule has 0 bridgehead atoms. The Balaban J connectivity index is 1.88. The number of carbonyl (C=O) groups is 1. The summed E-state index contributed by atoms with van der Waals surface area (Å²) in [6, 6.07) is 0. The second-order valence-electron chi connectivity index (χ2n) is 5.92. The normalized spacial score (nSPS) is 21.8. The first-order valence-corrected chi connectivity index (χ1v) is 7.54. The minimum Gasteiger partial charge on any atom is -0.481 e. The Labute approximate surface area is 120 Å². The van der Waals surface area contributed by atoms with Crippen molar-refractivity contribution in [1.29, 1.82) is 0 Å². The van der Waals surface area contributed by atoms with E-state index in [4.69, 9.17) is 5.11 Å². The summed E-state index contributed by atoms with van der Waals surface area (Å²) in [5.74, 6) is 0.0774. The number of rotatable bonds is 6. The molecule has 1 aliphatic rings. The molecule has 1 saturated heterocycles. The highest BCUT2D eigenvalue weighted by atomic mass is 16.4. The zero-order valence-electron chi connectivity index (χ0n) is 12.5. The Bertz CT molecular complexity index is 444. The lowest BCUT2D eigenvalue weighted by molar-refractivity contribution is -0.138. The van der Waals surface area contributed by atoms with Gasteiger partial charge in [-0.2, -0.15) is 5.10 Å². The molecular formula is C15H25N3O2. The molecule has 0 aliphatic carbocycles. The van der Waals surface area contributed by atoms with Crippen LogP contribution < -0.4 is 0 Å². The van der Waals surface area contributed by atoms with E-state index in [1.807, 2.05) is 10.9 Å². The van der Waals surface area contributed by atoms with Crippen LogP contribution in [0.1, 0.15) is 38.7 Å². The van der Waals surface area contributed by atoms with Crippen LogP contribution in [0.25, 0.3) is 0 Å². The Morgan fingerprint density at radius 3 is 3.05 bits per heavy atom. The lowest BCUT2D eigenvalue weighted by atomic mass is 9.84. The number of carboxylic acids is 1. The highest BCUT2D eigenvalue weighted by molar-refractivity contribution is 5.67. The van der Waals surface area contributed by atoms with Gasteiger partial charge in [0.25, 0.3) is 0 Å². The minimum atomic E-state index is -0.682. The highest BCUT2D eigenvalue weighted by Crippen LogP contribution is 2.26. The molecule has 2 atom stereocenters. The molecule has 0 amide bonds. The summed E-state index contributed by atoms with van der Waals surface area (Å²) in [6.45, 7) is 8.09. The number of nitrogens with zero attached hydrogens (tertiary/aromatic N) is 3. The molecule has 2 heterocycles. The Morgan fingerprint density at radius 1 is 1.60 bits per heavy atom. The average molecular weight is 279 g/mol. The van der Waals surface area contributed by atoms with E-state index >= 15 is 0 Å². The van der Waals surface area contributed by atoms with E-state index in [1.165, 1.54) is 5.56 Å². The molecule has 0 spiro atoms. The van der Waals surface area contributed by atoms with Gasteiger partial charge in [0.15, 0.2) is 0 Å². The maximum absolute atomic E-state index is 10.8. The van der Waals surface area contributed by atoms with Crippen molar-refractivity contribution >= 4 is 5.97 Å². The van der Waals surface area contributed by atoms with Gasteiger partial charge in [0, 0.05) is 37.8 Å². The van der Waals surface area contributed by atoms with Crippen molar-refractivity contribution in [1.82, 2.24) is 14.7 Å². The SMILES string of the molecule is CCn1cc(CN2CCCC(C(C)CC(=O)O)C2)cn1. The molecule has 0 aromatic carbocycles. The first kappa shape index (κ1) is 15.0. The lowest BCUT2D eigenvalue weighted by Crippen LogP contribution is -2.37. The van der Waals surface area contributed by atoms with Crippen molar-refractivity contribution in [3.63, 3.8) is 0 Å². The summed E-state index contributed by atoms with van der Waals surface area (Å²) in [7, 11) is 0. The molecule has 2 rings (SSSR count). The van der Waals surface area contributed by atoms with Gasteiger partial charge in [0.2, 0.25) is 0 Å². The van der Waals surface area contributed by atoms with Gasteiger partial charge in [0.05, 0.1) is 6.20 Å². The van der Waals surface area contributed by atoms with E-state index in [9.17, 15) is 4.79 Å². The predicted octanol–water partition coefficient (Wildman–Crippen LogP) is 2.23. The summed E-state index contributed by atoms with van der Waals surface area (Å²) >= 11 is 0. The van der Waals surface area contributed by atoms with E-state index in [0.29, 0.717) is 5.92 Å². The number of hydrogen-bond donors (Lipinski definition) is 1. The van der Waals surface area contributed by atoms with Crippen LogP contribution in [0.15, 0.2) is 12.4 Å². The number of piperidine rings is 1. The molecule has 112 valence electrons. The Hall–Kier alpha value is -1.36. The van der Waals surface area contributed by atoms with Crippen molar-refractivity contribution in [3.8, 4) is 0 Å². The van der Waals surface area contributed by atoms with Crippen LogP contribution in [0.3, 0.4) is 0 Å². The third-order valence-corrected chi connectivity index (χ3v) is 4.26. The maximum atomic E-state index is 10.8. The standard InChI is InChI=1S/C15H25N3O2/c1-3-18-10-13(8-16-18)9-17-6-4-5-14(11-17)12(2)7-15(19)20/h8,10,12,14H,3-7,9,11H2,1-2H3,(H,19,20). The average Bonchev–Trinajstić information content (AvgIpc) is 2.86. The Kier molecular flexibility index (Phi) is 5.17. The van der Waals surface area contributed by atoms with Crippen molar-refractivity contribution in [2.24, 2.45) is 11.8 Å². The van der Waals surface area contributed by atoms with Gasteiger partial charge in [-0.25, -0.2) is 0 Å². The minimum absolute atomic E-state index is 0.258. The van der Waals surface area contributed by atoms with Crippen LogP contribution in [-0.2, 0) is 17.9 Å². The molecule has 1 aromatic rings. The van der Waals surface area contributed by atoms with Crippen molar-refractivity contribution in [2.75, 3.05) is 13.1 Å². The molecule has 5 nitrogen and oxygen atoms in total. The summed E-state index contributed by atoms with van der Waals surface area (Å²) in [5, 5.41) is 13.2. The maximum Gasteiger partial charge on any atom is 0.303 e. The van der Waals surface area contributed by atoms with Crippen molar-refractivity contribution in [2.45, 2.75) is 46.2 Å². The fourth-order valence-corrected chi connectivity index (χ4v) is 3.06. The van der Waals surface area contributed by atoms with Crippen LogP contribution in [0.5, 0.6) is 0 Å². The lowest BCUT2D eigenvalue weighted by Gasteiger charge is -2.35. The molecule has 20 heavy (non-hydrogen) atoms. The van der Waals surface area contributed by atoms with E-state index in [0.717, 1.165) is 39.0 Å². The zero-order valence-corrected chi connectivity index (χ0v) is 12.5. The summed E-state index contributed by atoms with van der Waals surface area (Å²) < 4.78 is 1.95. The smallest absolute Gasteiger partial charge is 0.303 e. The largest absolute Gasteiger partial charge is 0.481 e. The van der Waals surface area contributed by atoms with Crippen molar-refractivity contribution < 1.29 is 9.90 Å². The van der Waals surface area contributed by atoms with E-state index in [-0.39, 0.29) is 12.3 Å². The van der Waals surface area contributed by atoms with E-state index < -0.39 is 5.97 Å². The summed E-state index contributed by atoms with van der Waals surface area (Å²) in [4.78, 5) is 13.3. The molecule has 1 aromatic heterocycles. The monoisotopic (exact) mass is 279 g/mol. The van der Waals surface area contributed by atoms with Gasteiger partial charge in [-0.15, -0.1) is 0 Å². The number of hydrogen-bond acceptors (Lipinski definition) is 3. The highest BCUT2D eigenvalue weighted by Gasteiger charge is 2.26. The van der Waals surface area contributed by atoms with Gasteiger partial charge in [-0.1, -0.05) is 6.92 Å². The van der Waals surface area contributed by atoms with E-state index in [1.54, 1.807) is 0 Å². The number of aliphatic carboxylic acids is 1. The summed E-state index contributed by atoms with van der Waals surface area (Å²) in [5.41, 5.74) is 1.25. The molecule has 1 fully saturated rings. The fraction of sp³-hybridized carbons (Fsp3) is 0.733. The molecule has 5 heteroatoms. The van der Waals surface area contributed by atoms with Crippen LogP contribution in [0.2, 0.25) is 0 Å². The number of likely N-dealkylation sites (tertiary alicyclic amines) is 1. The molecule has 0 saturated carbocycles. The predicted molar refractivity (Wildman–Crippen MR) is 77.3 cm³/mol. The second-order valence-corrected chi connectivity index (χ2v) is 5.92. The van der Waals surface area contributed by atoms with Crippen LogP contribution in [0.4, 0.5) is 0 Å². The molecule has 1 N–H and O–H groups in total. The number of aryl methyl sites for hydroxylation is 1. The first-order valence-electron chi connectivity index (χ1n) is 7.54. The van der Waals surface area contributed by atoms with Gasteiger partial charge in [0.1, 0.15) is 0 Å². The van der Waals surface area contributed by atoms with Crippen LogP contribution >= 0.6 is 0 Å². The molecular weight excluding hydrogens is 254 g/mol. The quantitative estimate of drug-likeness (QED) is 0.867. The number of carboxylic acid groups (broad SMARTS) is 1. The second kappa shape index (κ2) is 6.88. The van der Waals surface area contributed by atoms with Gasteiger partial charge >= 0.3 is 5.97 Å². The fourth-order valence-electron chi connectivity index (χ4n) is 3.06. The van der Waals surface area contributed by atoms with Crippen LogP contribution in [0, 0.1) is 11.8 Å². The van der Waals surface area contributed by atoms with E-state index in [2.05, 4.69) is 30.0 Å². The summed E-state index contributed by atoms with van der Waals surface area (Å²) in [6.07, 6.45) is 6.64. The topological polar surface area (TPSA) is 58.4 Å². The third kappa shape index (κ3) is 4.07. The van der Waals surface area contributed by atoms with Gasteiger partial charge < -0.3 is 5.11 Å². The van der Waals surface area contributed by atoms with Crippen molar-refractivity contribution in [3.05, 3.63) is 18.0 Å². The zero-order chi connectivity index (χ0) is 14.5. The molecule has 1 aliphatic heterocycles. The molecule has 2 unspecified atom stereocenters. The third-order valence-electron chi connectivity index (χ3n) is 4.26. The number of aromatic nitrogens is 2. The first-order chi connectivity index (χ1) is 9.58. The van der Waals surface area contributed by atoms with Gasteiger partial charge in [-0.05, 0) is 38.1 Å².